The van der Waals surface area contributed by atoms with Crippen LogP contribution >= 0.6 is 0 Å². The number of carbonyl (C=O) groups is 2. The molecule has 0 aromatic rings. The second kappa shape index (κ2) is 6.75. The fourth-order valence-corrected chi connectivity index (χ4v) is 2.38. The van der Waals surface area contributed by atoms with Gasteiger partial charge in [-0.15, -0.1) is 0 Å². The Hall–Kier alpha value is -1.47. The first kappa shape index (κ1) is 18.6. The molecule has 1 aliphatic heterocycles. The molecule has 0 aromatic heterocycles. The first-order valence-corrected chi connectivity index (χ1v) is 7.29. The highest BCUT2D eigenvalue weighted by Crippen LogP contribution is 2.32. The minimum Gasteiger partial charge on any atom is -0.444 e. The summed E-state index contributed by atoms with van der Waals surface area (Å²) in [5.74, 6) is -0.571. The molecule has 1 heterocycles. The van der Waals surface area contributed by atoms with Crippen molar-refractivity contribution in [3.05, 3.63) is 0 Å². The Morgan fingerprint density at radius 1 is 1.23 bits per heavy atom. The lowest BCUT2D eigenvalue weighted by Crippen LogP contribution is -2.58. The number of alkyl carbamates (subject to hydrolysis) is 1. The van der Waals surface area contributed by atoms with Crippen molar-refractivity contribution in [1.29, 1.82) is 0 Å². The predicted octanol–water partition coefficient (Wildman–Crippen LogP) is 2.84. The number of nitrogens with one attached hydrogen (secondary N) is 1. The Bertz CT molecular complexity index is 419. The van der Waals surface area contributed by atoms with Crippen molar-refractivity contribution in [1.82, 2.24) is 10.2 Å². The van der Waals surface area contributed by atoms with E-state index in [1.54, 1.807) is 20.8 Å². The Labute approximate surface area is 128 Å². The van der Waals surface area contributed by atoms with Gasteiger partial charge in [0, 0.05) is 19.0 Å². The minimum atomic E-state index is -4.46. The van der Waals surface area contributed by atoms with E-state index in [1.807, 2.05) is 0 Å². The standard InChI is InChI=1S/C14H23F3N2O3/c1-5-11(20)19-8-9(6-7-10(19)14(15,16)17)18-12(21)22-13(2,3)4/h9-10H,5-8H2,1-4H3,(H,18,21)/t9-,10+/m1/s1. The minimum absolute atomic E-state index is 0.00820. The van der Waals surface area contributed by atoms with Gasteiger partial charge in [0.15, 0.2) is 0 Å². The summed E-state index contributed by atoms with van der Waals surface area (Å²) in [5, 5.41) is 2.53. The van der Waals surface area contributed by atoms with E-state index in [-0.39, 0.29) is 25.8 Å². The molecule has 8 heteroatoms. The van der Waals surface area contributed by atoms with Gasteiger partial charge in [0.05, 0.1) is 0 Å². The van der Waals surface area contributed by atoms with E-state index in [2.05, 4.69) is 5.32 Å². The third-order valence-corrected chi connectivity index (χ3v) is 3.30. The van der Waals surface area contributed by atoms with Crippen LogP contribution in [0.1, 0.15) is 47.0 Å². The molecule has 0 radical (unpaired) electrons. The van der Waals surface area contributed by atoms with Gasteiger partial charge in [-0.1, -0.05) is 6.92 Å². The van der Waals surface area contributed by atoms with Crippen LogP contribution in [0.2, 0.25) is 0 Å². The lowest BCUT2D eigenvalue weighted by atomic mass is 9.97. The molecule has 2 atom stereocenters. The maximum atomic E-state index is 13.0. The third kappa shape index (κ3) is 5.38. The maximum absolute atomic E-state index is 13.0. The Morgan fingerprint density at radius 2 is 1.82 bits per heavy atom. The molecule has 1 aliphatic rings. The van der Waals surface area contributed by atoms with E-state index in [9.17, 15) is 22.8 Å². The number of likely N-dealkylation sites (tertiary alicyclic amines) is 1. The van der Waals surface area contributed by atoms with Gasteiger partial charge in [0.1, 0.15) is 11.6 Å². The van der Waals surface area contributed by atoms with E-state index in [0.29, 0.717) is 0 Å². The van der Waals surface area contributed by atoms with Crippen LogP contribution in [0.15, 0.2) is 0 Å². The number of halogens is 3. The van der Waals surface area contributed by atoms with Crippen molar-refractivity contribution >= 4 is 12.0 Å². The number of amides is 2. The van der Waals surface area contributed by atoms with Gasteiger partial charge in [0.2, 0.25) is 5.91 Å². The normalized spacial score (nSPS) is 23.1. The van der Waals surface area contributed by atoms with Crippen LogP contribution in [0, 0.1) is 0 Å². The number of hydrogen-bond donors (Lipinski definition) is 1. The van der Waals surface area contributed by atoms with Crippen molar-refractivity contribution < 1.29 is 27.5 Å². The SMILES string of the molecule is CCC(=O)N1C[C@H](NC(=O)OC(C)(C)C)CC[C@H]1C(F)(F)F. The summed E-state index contributed by atoms with van der Waals surface area (Å²) in [6.07, 6.45) is -5.23. The second-order valence-electron chi connectivity index (χ2n) is 6.38. The number of piperidine rings is 1. The number of ether oxygens (including phenoxy) is 1. The average molecular weight is 324 g/mol. The van der Waals surface area contributed by atoms with E-state index in [0.717, 1.165) is 4.90 Å². The van der Waals surface area contributed by atoms with Crippen LogP contribution in [-0.2, 0) is 9.53 Å². The van der Waals surface area contributed by atoms with Gasteiger partial charge < -0.3 is 15.0 Å². The summed E-state index contributed by atoms with van der Waals surface area (Å²) in [7, 11) is 0. The lowest BCUT2D eigenvalue weighted by Gasteiger charge is -2.40. The zero-order valence-electron chi connectivity index (χ0n) is 13.3. The van der Waals surface area contributed by atoms with Gasteiger partial charge in [-0.25, -0.2) is 4.79 Å². The maximum Gasteiger partial charge on any atom is 0.408 e. The summed E-state index contributed by atoms with van der Waals surface area (Å²) >= 11 is 0. The summed E-state index contributed by atoms with van der Waals surface area (Å²) < 4.78 is 44.1. The quantitative estimate of drug-likeness (QED) is 0.850. The molecule has 1 rings (SSSR count). The fraction of sp³-hybridized carbons (Fsp3) is 0.857. The molecular formula is C14H23F3N2O3. The van der Waals surface area contributed by atoms with Crippen LogP contribution in [0.25, 0.3) is 0 Å². The van der Waals surface area contributed by atoms with Gasteiger partial charge in [-0.2, -0.15) is 13.2 Å². The second-order valence-corrected chi connectivity index (χ2v) is 6.38. The first-order valence-electron chi connectivity index (χ1n) is 7.29. The average Bonchev–Trinajstić information content (AvgIpc) is 2.33. The molecule has 0 spiro atoms. The molecular weight excluding hydrogens is 301 g/mol. The van der Waals surface area contributed by atoms with Gasteiger partial charge in [-0.05, 0) is 33.6 Å². The molecule has 0 aromatic carbocycles. The summed E-state index contributed by atoms with van der Waals surface area (Å²) in [4.78, 5) is 24.3. The van der Waals surface area contributed by atoms with Crippen molar-refractivity contribution in [3.8, 4) is 0 Å². The summed E-state index contributed by atoms with van der Waals surface area (Å²) in [5.41, 5.74) is -0.688. The molecule has 22 heavy (non-hydrogen) atoms. The lowest BCUT2D eigenvalue weighted by molar-refractivity contribution is -0.197. The number of carbonyl (C=O) groups excluding carboxylic acids is 2. The number of hydrogen-bond acceptors (Lipinski definition) is 3. The predicted molar refractivity (Wildman–Crippen MR) is 74.2 cm³/mol. The molecule has 2 amide bonds. The number of rotatable bonds is 2. The highest BCUT2D eigenvalue weighted by Gasteiger charge is 2.47. The summed E-state index contributed by atoms with van der Waals surface area (Å²) in [6.45, 7) is 6.44. The monoisotopic (exact) mass is 324 g/mol. The molecule has 0 aliphatic carbocycles. The number of alkyl halides is 3. The molecule has 0 saturated carbocycles. The molecule has 0 unspecified atom stereocenters. The van der Waals surface area contributed by atoms with E-state index in [4.69, 9.17) is 4.74 Å². The fourth-order valence-electron chi connectivity index (χ4n) is 2.38. The Balaban J connectivity index is 2.72. The van der Waals surface area contributed by atoms with E-state index >= 15 is 0 Å². The Kier molecular flexibility index (Phi) is 5.70. The van der Waals surface area contributed by atoms with Crippen molar-refractivity contribution in [3.63, 3.8) is 0 Å². The molecule has 128 valence electrons. The van der Waals surface area contributed by atoms with Crippen LogP contribution < -0.4 is 5.32 Å². The third-order valence-electron chi connectivity index (χ3n) is 3.30. The van der Waals surface area contributed by atoms with Crippen LogP contribution in [0.5, 0.6) is 0 Å². The first-order chi connectivity index (χ1) is 9.94. The molecule has 1 fully saturated rings. The zero-order chi connectivity index (χ0) is 17.1. The summed E-state index contributed by atoms with van der Waals surface area (Å²) in [6, 6.07) is -2.32. The highest BCUT2D eigenvalue weighted by atomic mass is 19.4. The van der Waals surface area contributed by atoms with E-state index < -0.39 is 35.9 Å². The smallest absolute Gasteiger partial charge is 0.408 e. The van der Waals surface area contributed by atoms with Crippen molar-refractivity contribution in [2.75, 3.05) is 6.54 Å². The van der Waals surface area contributed by atoms with Crippen molar-refractivity contribution in [2.24, 2.45) is 0 Å². The van der Waals surface area contributed by atoms with Gasteiger partial charge >= 0.3 is 12.3 Å². The van der Waals surface area contributed by atoms with Crippen LogP contribution in [0.4, 0.5) is 18.0 Å². The highest BCUT2D eigenvalue weighted by molar-refractivity contribution is 5.76. The number of nitrogens with zero attached hydrogens (tertiary/aromatic N) is 1. The topological polar surface area (TPSA) is 58.6 Å². The molecule has 5 nitrogen and oxygen atoms in total. The molecule has 1 N–H and O–H groups in total. The molecule has 1 saturated heterocycles. The van der Waals surface area contributed by atoms with Gasteiger partial charge in [-0.3, -0.25) is 4.79 Å². The largest absolute Gasteiger partial charge is 0.444 e. The van der Waals surface area contributed by atoms with E-state index in [1.165, 1.54) is 6.92 Å². The van der Waals surface area contributed by atoms with Crippen molar-refractivity contribution in [2.45, 2.75) is 70.8 Å². The molecule has 0 bridgehead atoms. The zero-order valence-corrected chi connectivity index (χ0v) is 13.3. The van der Waals surface area contributed by atoms with Gasteiger partial charge in [0.25, 0.3) is 0 Å². The van der Waals surface area contributed by atoms with Crippen LogP contribution in [-0.4, -0.2) is 47.3 Å². The van der Waals surface area contributed by atoms with Crippen LogP contribution in [0.3, 0.4) is 0 Å². The Morgan fingerprint density at radius 3 is 2.27 bits per heavy atom.